The number of rotatable bonds is 4. The molecular formula is C13H21NO. The van der Waals surface area contributed by atoms with Crippen LogP contribution >= 0.6 is 0 Å². The van der Waals surface area contributed by atoms with E-state index in [2.05, 4.69) is 18.5 Å². The van der Waals surface area contributed by atoms with Crippen LogP contribution in [0.4, 0.5) is 0 Å². The molecule has 2 heteroatoms. The van der Waals surface area contributed by atoms with E-state index in [1.807, 2.05) is 33.0 Å². The lowest BCUT2D eigenvalue weighted by Crippen LogP contribution is -1.96. The van der Waals surface area contributed by atoms with Crippen LogP contribution in [-0.4, -0.2) is 11.6 Å². The van der Waals surface area contributed by atoms with E-state index in [1.165, 1.54) is 5.56 Å². The number of nitrogens with zero attached hydrogens (tertiary/aromatic N) is 1. The summed E-state index contributed by atoms with van der Waals surface area (Å²) in [6.45, 7) is 13.1. The lowest BCUT2D eigenvalue weighted by molar-refractivity contribution is 0.133. The molecule has 0 atom stereocenters. The zero-order valence-corrected chi connectivity index (χ0v) is 10.2. The summed E-state index contributed by atoms with van der Waals surface area (Å²) in [5.41, 5.74) is 3.27. The molecule has 1 heterocycles. The third kappa shape index (κ3) is 4.75. The molecule has 0 fully saturated rings. The van der Waals surface area contributed by atoms with Gasteiger partial charge in [0.15, 0.2) is 0 Å². The first kappa shape index (κ1) is 13.8. The molecule has 1 aromatic heterocycles. The predicted octanol–water partition coefficient (Wildman–Crippen LogP) is 3.60. The highest BCUT2D eigenvalue weighted by Gasteiger charge is 1.98. The predicted molar refractivity (Wildman–Crippen MR) is 65.7 cm³/mol. The summed E-state index contributed by atoms with van der Waals surface area (Å²) in [4.78, 5) is 4.21. The van der Waals surface area contributed by atoms with Crippen LogP contribution in [0.1, 0.15) is 37.6 Å². The van der Waals surface area contributed by atoms with Crippen LogP contribution in [0, 0.1) is 6.92 Å². The SMILES string of the molecule is C=Cc1cc(C)c(COCC)cn1.CC. The van der Waals surface area contributed by atoms with Gasteiger partial charge in [0.05, 0.1) is 12.3 Å². The maximum Gasteiger partial charge on any atom is 0.0734 e. The molecule has 0 unspecified atom stereocenters. The fraction of sp³-hybridized carbons (Fsp3) is 0.462. The summed E-state index contributed by atoms with van der Waals surface area (Å²) in [6.07, 6.45) is 3.60. The van der Waals surface area contributed by atoms with E-state index >= 15 is 0 Å². The highest BCUT2D eigenvalue weighted by Crippen LogP contribution is 2.10. The van der Waals surface area contributed by atoms with Gasteiger partial charge < -0.3 is 4.74 Å². The third-order valence-electron chi connectivity index (χ3n) is 1.91. The van der Waals surface area contributed by atoms with Crippen LogP contribution in [0.2, 0.25) is 0 Å². The molecule has 0 aliphatic heterocycles. The third-order valence-corrected chi connectivity index (χ3v) is 1.91. The minimum absolute atomic E-state index is 0.646. The second-order valence-electron chi connectivity index (χ2n) is 2.88. The summed E-state index contributed by atoms with van der Waals surface area (Å²) in [5.74, 6) is 0. The molecule has 0 spiro atoms. The first-order valence-corrected chi connectivity index (χ1v) is 5.43. The van der Waals surface area contributed by atoms with Gasteiger partial charge in [-0.15, -0.1) is 0 Å². The van der Waals surface area contributed by atoms with E-state index in [9.17, 15) is 0 Å². The molecule has 0 aromatic carbocycles. The zero-order chi connectivity index (χ0) is 11.7. The number of hydrogen-bond donors (Lipinski definition) is 0. The van der Waals surface area contributed by atoms with Crippen molar-refractivity contribution in [3.8, 4) is 0 Å². The van der Waals surface area contributed by atoms with Crippen molar-refractivity contribution in [2.45, 2.75) is 34.3 Å². The molecule has 1 rings (SSSR count). The topological polar surface area (TPSA) is 22.1 Å². The Morgan fingerprint density at radius 3 is 2.60 bits per heavy atom. The van der Waals surface area contributed by atoms with Gasteiger partial charge >= 0.3 is 0 Å². The largest absolute Gasteiger partial charge is 0.377 e. The number of aryl methyl sites for hydroxylation is 1. The molecule has 0 aliphatic carbocycles. The van der Waals surface area contributed by atoms with Crippen LogP contribution < -0.4 is 0 Å². The van der Waals surface area contributed by atoms with Crippen molar-refractivity contribution >= 4 is 6.08 Å². The Kier molecular flexibility index (Phi) is 7.56. The number of ether oxygens (including phenoxy) is 1. The second kappa shape index (κ2) is 8.18. The minimum atomic E-state index is 0.646. The quantitative estimate of drug-likeness (QED) is 0.752. The van der Waals surface area contributed by atoms with Crippen LogP contribution in [0.5, 0.6) is 0 Å². The zero-order valence-electron chi connectivity index (χ0n) is 10.2. The van der Waals surface area contributed by atoms with Gasteiger partial charge in [-0.25, -0.2) is 0 Å². The highest BCUT2D eigenvalue weighted by molar-refractivity contribution is 5.43. The van der Waals surface area contributed by atoms with Crippen molar-refractivity contribution in [1.82, 2.24) is 4.98 Å². The lowest BCUT2D eigenvalue weighted by atomic mass is 10.1. The molecule has 0 aliphatic rings. The van der Waals surface area contributed by atoms with Crippen molar-refractivity contribution in [3.63, 3.8) is 0 Å². The van der Waals surface area contributed by atoms with Gasteiger partial charge in [-0.2, -0.15) is 0 Å². The van der Waals surface area contributed by atoms with Crippen LogP contribution in [0.25, 0.3) is 6.08 Å². The maximum atomic E-state index is 5.31. The van der Waals surface area contributed by atoms with E-state index in [-0.39, 0.29) is 0 Å². The van der Waals surface area contributed by atoms with E-state index in [1.54, 1.807) is 6.08 Å². The molecule has 0 saturated carbocycles. The molecule has 0 N–H and O–H groups in total. The standard InChI is InChI=1S/C11H15NO.C2H6/c1-4-11-6-9(3)10(7-12-11)8-13-5-2;1-2/h4,6-7H,1,5,8H2,2-3H3;1-2H3. The van der Waals surface area contributed by atoms with Crippen molar-refractivity contribution in [2.75, 3.05) is 6.61 Å². The lowest BCUT2D eigenvalue weighted by Gasteiger charge is -2.05. The average molecular weight is 207 g/mol. The number of pyridine rings is 1. The normalized spacial score (nSPS) is 9.07. The van der Waals surface area contributed by atoms with Gasteiger partial charge in [-0.05, 0) is 37.1 Å². The van der Waals surface area contributed by atoms with E-state index < -0.39 is 0 Å². The van der Waals surface area contributed by atoms with Gasteiger partial charge in [-0.1, -0.05) is 20.4 Å². The number of hydrogen-bond acceptors (Lipinski definition) is 2. The molecule has 84 valence electrons. The van der Waals surface area contributed by atoms with Gasteiger partial charge in [0, 0.05) is 12.8 Å². The van der Waals surface area contributed by atoms with Gasteiger partial charge in [0.25, 0.3) is 0 Å². The maximum absolute atomic E-state index is 5.31. The smallest absolute Gasteiger partial charge is 0.0734 e. The van der Waals surface area contributed by atoms with Crippen molar-refractivity contribution in [3.05, 3.63) is 35.7 Å². The Hall–Kier alpha value is -1.15. The Bertz CT molecular complexity index is 295. The molecule has 1 aromatic rings. The van der Waals surface area contributed by atoms with Gasteiger partial charge in [0.2, 0.25) is 0 Å². The fourth-order valence-corrected chi connectivity index (χ4v) is 1.08. The van der Waals surface area contributed by atoms with Crippen molar-refractivity contribution < 1.29 is 4.74 Å². The average Bonchev–Trinajstić information content (AvgIpc) is 2.30. The van der Waals surface area contributed by atoms with Crippen LogP contribution in [0.3, 0.4) is 0 Å². The molecule has 0 amide bonds. The summed E-state index contributed by atoms with van der Waals surface area (Å²) < 4.78 is 5.31. The Morgan fingerprint density at radius 2 is 2.13 bits per heavy atom. The summed E-state index contributed by atoms with van der Waals surface area (Å²) in [6, 6.07) is 2.02. The van der Waals surface area contributed by atoms with Crippen molar-refractivity contribution in [1.29, 1.82) is 0 Å². The Labute approximate surface area is 93.0 Å². The molecule has 15 heavy (non-hydrogen) atoms. The first-order valence-electron chi connectivity index (χ1n) is 5.43. The van der Waals surface area contributed by atoms with Gasteiger partial charge in [-0.3, -0.25) is 4.98 Å². The fourth-order valence-electron chi connectivity index (χ4n) is 1.08. The highest BCUT2D eigenvalue weighted by atomic mass is 16.5. The van der Waals surface area contributed by atoms with E-state index in [0.717, 1.165) is 17.9 Å². The monoisotopic (exact) mass is 207 g/mol. The Morgan fingerprint density at radius 1 is 1.47 bits per heavy atom. The molecular weight excluding hydrogens is 186 g/mol. The van der Waals surface area contributed by atoms with Crippen molar-refractivity contribution in [2.24, 2.45) is 0 Å². The summed E-state index contributed by atoms with van der Waals surface area (Å²) >= 11 is 0. The molecule has 0 bridgehead atoms. The van der Waals surface area contributed by atoms with Crippen LogP contribution in [-0.2, 0) is 11.3 Å². The van der Waals surface area contributed by atoms with Crippen LogP contribution in [0.15, 0.2) is 18.8 Å². The first-order chi connectivity index (χ1) is 7.27. The molecule has 0 radical (unpaired) electrons. The molecule has 2 nitrogen and oxygen atoms in total. The summed E-state index contributed by atoms with van der Waals surface area (Å²) in [5, 5.41) is 0. The summed E-state index contributed by atoms with van der Waals surface area (Å²) in [7, 11) is 0. The van der Waals surface area contributed by atoms with Gasteiger partial charge in [0.1, 0.15) is 0 Å². The van der Waals surface area contributed by atoms with E-state index in [4.69, 9.17) is 4.74 Å². The minimum Gasteiger partial charge on any atom is -0.377 e. The molecule has 0 saturated heterocycles. The second-order valence-corrected chi connectivity index (χ2v) is 2.88. The number of aromatic nitrogens is 1. The Balaban J connectivity index is 0.000000921. The van der Waals surface area contributed by atoms with E-state index in [0.29, 0.717) is 6.61 Å².